The Labute approximate surface area is 105 Å². The molecule has 1 aliphatic rings. The second-order valence-electron chi connectivity index (χ2n) is 4.44. The van der Waals surface area contributed by atoms with Crippen molar-refractivity contribution in [1.29, 1.82) is 5.26 Å². The van der Waals surface area contributed by atoms with Crippen molar-refractivity contribution in [3.8, 4) is 11.8 Å². The molecule has 0 N–H and O–H groups in total. The fraction of sp³-hybridized carbons (Fsp3) is 0.286. The van der Waals surface area contributed by atoms with Gasteiger partial charge in [-0.25, -0.2) is 4.68 Å². The lowest BCUT2D eigenvalue weighted by molar-refractivity contribution is 0.108. The molecule has 4 heteroatoms. The topological polar surface area (TPSA) is 50.8 Å². The molecule has 4 nitrogen and oxygen atoms in total. The van der Waals surface area contributed by atoms with Crippen LogP contribution in [-0.2, 0) is 17.8 Å². The van der Waals surface area contributed by atoms with E-state index in [9.17, 15) is 5.26 Å². The third-order valence-corrected chi connectivity index (χ3v) is 3.15. The first kappa shape index (κ1) is 11.0. The minimum absolute atomic E-state index is 0.503. The molecule has 0 saturated heterocycles. The minimum Gasteiger partial charge on any atom is -0.375 e. The van der Waals surface area contributed by atoms with Crippen molar-refractivity contribution in [3.05, 3.63) is 46.8 Å². The summed E-state index contributed by atoms with van der Waals surface area (Å²) in [5, 5.41) is 13.8. The Morgan fingerprint density at radius 3 is 3.11 bits per heavy atom. The molecule has 0 spiro atoms. The zero-order valence-electron chi connectivity index (χ0n) is 10.2. The van der Waals surface area contributed by atoms with E-state index in [0.717, 1.165) is 28.9 Å². The van der Waals surface area contributed by atoms with Gasteiger partial charge in [-0.3, -0.25) is 0 Å². The summed E-state index contributed by atoms with van der Waals surface area (Å²) in [6, 6.07) is 10.3. The molecule has 0 saturated carbocycles. The molecule has 1 aromatic heterocycles. The predicted molar refractivity (Wildman–Crippen MR) is 66.4 cm³/mol. The standard InChI is InChI=1S/C14H13N3O/c1-10-3-2-4-11(7-10)17-14(8-15)12-5-6-18-9-13(12)16-17/h2-4,7H,5-6,9H2,1H3. The Hall–Kier alpha value is -2.12. The lowest BCUT2D eigenvalue weighted by Gasteiger charge is -2.09. The molecule has 0 aliphatic carbocycles. The number of benzene rings is 1. The first-order valence-electron chi connectivity index (χ1n) is 5.95. The van der Waals surface area contributed by atoms with E-state index in [1.165, 1.54) is 0 Å². The van der Waals surface area contributed by atoms with Crippen LogP contribution in [0.15, 0.2) is 24.3 Å². The highest BCUT2D eigenvalue weighted by molar-refractivity contribution is 5.45. The van der Waals surface area contributed by atoms with E-state index in [1.54, 1.807) is 4.68 Å². The molecule has 1 aliphatic heterocycles. The van der Waals surface area contributed by atoms with Crippen LogP contribution in [0, 0.1) is 18.3 Å². The fourth-order valence-corrected chi connectivity index (χ4v) is 2.28. The van der Waals surface area contributed by atoms with Crippen LogP contribution in [0.4, 0.5) is 0 Å². The molecule has 0 radical (unpaired) electrons. The van der Waals surface area contributed by atoms with Crippen LogP contribution in [0.5, 0.6) is 0 Å². The first-order chi connectivity index (χ1) is 8.79. The largest absolute Gasteiger partial charge is 0.375 e. The van der Waals surface area contributed by atoms with Gasteiger partial charge in [0.05, 0.1) is 24.6 Å². The predicted octanol–water partition coefficient (Wildman–Crippen LogP) is 2.13. The molecule has 1 aromatic carbocycles. The Bertz CT molecular complexity index is 637. The van der Waals surface area contributed by atoms with Crippen molar-refractivity contribution < 1.29 is 4.74 Å². The summed E-state index contributed by atoms with van der Waals surface area (Å²) in [6.07, 6.45) is 0.768. The van der Waals surface area contributed by atoms with Crippen molar-refractivity contribution >= 4 is 0 Å². The zero-order valence-corrected chi connectivity index (χ0v) is 10.2. The van der Waals surface area contributed by atoms with E-state index in [2.05, 4.69) is 11.2 Å². The summed E-state index contributed by atoms with van der Waals surface area (Å²) in [5.74, 6) is 0. The summed E-state index contributed by atoms with van der Waals surface area (Å²) in [4.78, 5) is 0. The molecular formula is C14H13N3O. The van der Waals surface area contributed by atoms with Crippen LogP contribution in [0.1, 0.15) is 22.5 Å². The monoisotopic (exact) mass is 239 g/mol. The van der Waals surface area contributed by atoms with Crippen molar-refractivity contribution in [2.45, 2.75) is 20.0 Å². The number of rotatable bonds is 1. The first-order valence-corrected chi connectivity index (χ1v) is 5.95. The Morgan fingerprint density at radius 1 is 1.44 bits per heavy atom. The number of hydrogen-bond donors (Lipinski definition) is 0. The van der Waals surface area contributed by atoms with Gasteiger partial charge in [-0.1, -0.05) is 12.1 Å². The van der Waals surface area contributed by atoms with Gasteiger partial charge in [-0.05, 0) is 24.6 Å². The van der Waals surface area contributed by atoms with Crippen LogP contribution in [0.3, 0.4) is 0 Å². The number of hydrogen-bond acceptors (Lipinski definition) is 3. The van der Waals surface area contributed by atoms with E-state index in [0.29, 0.717) is 18.9 Å². The molecule has 2 heterocycles. The number of aromatic nitrogens is 2. The van der Waals surface area contributed by atoms with Crippen molar-refractivity contribution in [2.75, 3.05) is 6.61 Å². The summed E-state index contributed by atoms with van der Waals surface area (Å²) < 4.78 is 7.11. The Balaban J connectivity index is 2.18. The van der Waals surface area contributed by atoms with Crippen LogP contribution in [-0.4, -0.2) is 16.4 Å². The summed E-state index contributed by atoms with van der Waals surface area (Å²) in [7, 11) is 0. The quantitative estimate of drug-likeness (QED) is 0.766. The third kappa shape index (κ3) is 1.69. The molecule has 2 aromatic rings. The third-order valence-electron chi connectivity index (χ3n) is 3.15. The Morgan fingerprint density at radius 2 is 2.33 bits per heavy atom. The van der Waals surface area contributed by atoms with Crippen LogP contribution < -0.4 is 0 Å². The van der Waals surface area contributed by atoms with Gasteiger partial charge in [0.15, 0.2) is 0 Å². The number of ether oxygens (including phenoxy) is 1. The van der Waals surface area contributed by atoms with Gasteiger partial charge >= 0.3 is 0 Å². The molecule has 0 unspecified atom stereocenters. The van der Waals surface area contributed by atoms with Gasteiger partial charge in [-0.15, -0.1) is 0 Å². The average molecular weight is 239 g/mol. The number of aryl methyl sites for hydroxylation is 1. The Kier molecular flexibility index (Phi) is 2.62. The smallest absolute Gasteiger partial charge is 0.147 e. The second kappa shape index (κ2) is 4.28. The van der Waals surface area contributed by atoms with Gasteiger partial charge in [0.25, 0.3) is 0 Å². The number of fused-ring (bicyclic) bond motifs is 1. The zero-order chi connectivity index (χ0) is 12.5. The SMILES string of the molecule is Cc1cccc(-n2nc3c(c2C#N)CCOC3)c1. The van der Waals surface area contributed by atoms with E-state index in [-0.39, 0.29) is 0 Å². The van der Waals surface area contributed by atoms with E-state index in [1.807, 2.05) is 31.2 Å². The maximum absolute atomic E-state index is 9.34. The number of nitriles is 1. The van der Waals surface area contributed by atoms with E-state index < -0.39 is 0 Å². The van der Waals surface area contributed by atoms with Gasteiger partial charge in [-0.2, -0.15) is 10.4 Å². The lowest BCUT2D eigenvalue weighted by atomic mass is 10.1. The highest BCUT2D eigenvalue weighted by Crippen LogP contribution is 2.23. The summed E-state index contributed by atoms with van der Waals surface area (Å²) in [5.41, 5.74) is 4.64. The van der Waals surface area contributed by atoms with Crippen LogP contribution >= 0.6 is 0 Å². The summed E-state index contributed by atoms with van der Waals surface area (Å²) >= 11 is 0. The molecule has 3 rings (SSSR count). The molecule has 90 valence electrons. The second-order valence-corrected chi connectivity index (χ2v) is 4.44. The molecule has 0 bridgehead atoms. The fourth-order valence-electron chi connectivity index (χ4n) is 2.28. The maximum atomic E-state index is 9.34. The molecule has 18 heavy (non-hydrogen) atoms. The van der Waals surface area contributed by atoms with Crippen LogP contribution in [0.2, 0.25) is 0 Å². The van der Waals surface area contributed by atoms with Crippen molar-refractivity contribution in [3.63, 3.8) is 0 Å². The highest BCUT2D eigenvalue weighted by atomic mass is 16.5. The lowest BCUT2D eigenvalue weighted by Crippen LogP contribution is -2.09. The maximum Gasteiger partial charge on any atom is 0.147 e. The van der Waals surface area contributed by atoms with Gasteiger partial charge in [0.2, 0.25) is 0 Å². The van der Waals surface area contributed by atoms with E-state index in [4.69, 9.17) is 4.74 Å². The number of nitrogens with zero attached hydrogens (tertiary/aromatic N) is 3. The molecule has 0 amide bonds. The molecular weight excluding hydrogens is 226 g/mol. The van der Waals surface area contributed by atoms with E-state index >= 15 is 0 Å². The van der Waals surface area contributed by atoms with Gasteiger partial charge in [0.1, 0.15) is 11.8 Å². The van der Waals surface area contributed by atoms with Gasteiger partial charge in [0, 0.05) is 12.0 Å². The summed E-state index contributed by atoms with van der Waals surface area (Å²) in [6.45, 7) is 3.20. The molecule has 0 atom stereocenters. The van der Waals surface area contributed by atoms with Crippen LogP contribution in [0.25, 0.3) is 5.69 Å². The average Bonchev–Trinajstić information content (AvgIpc) is 2.77. The highest BCUT2D eigenvalue weighted by Gasteiger charge is 2.21. The minimum atomic E-state index is 0.503. The van der Waals surface area contributed by atoms with Gasteiger partial charge < -0.3 is 4.74 Å². The van der Waals surface area contributed by atoms with Crippen molar-refractivity contribution in [1.82, 2.24) is 9.78 Å². The van der Waals surface area contributed by atoms with Crippen molar-refractivity contribution in [2.24, 2.45) is 0 Å². The normalized spacial score (nSPS) is 14.0. The molecule has 0 fully saturated rings.